The number of carboxylic acid groups (broad SMARTS) is 1. The van der Waals surface area contributed by atoms with Gasteiger partial charge in [-0.25, -0.2) is 4.79 Å². The molecular formula is C19H26INO3. The first kappa shape index (κ1) is 18.0. The van der Waals surface area contributed by atoms with E-state index < -0.39 is 11.6 Å². The number of amides is 1. The summed E-state index contributed by atoms with van der Waals surface area (Å²) in [6, 6.07) is 8.44. The summed E-state index contributed by atoms with van der Waals surface area (Å²) in [5.74, 6) is 0.572. The van der Waals surface area contributed by atoms with Gasteiger partial charge in [-0.1, -0.05) is 31.5 Å². The van der Waals surface area contributed by atoms with E-state index in [1.807, 2.05) is 0 Å². The molecule has 3 rings (SSSR count). The average molecular weight is 443 g/mol. The predicted molar refractivity (Wildman–Crippen MR) is 102 cm³/mol. The number of benzene rings is 1. The van der Waals surface area contributed by atoms with Gasteiger partial charge < -0.3 is 15.2 Å². The van der Waals surface area contributed by atoms with E-state index in [0.717, 1.165) is 32.1 Å². The molecule has 5 heteroatoms. The second-order valence-electron chi connectivity index (χ2n) is 7.29. The van der Waals surface area contributed by atoms with Crippen LogP contribution in [0.5, 0.6) is 0 Å². The molecule has 0 aliphatic heterocycles. The van der Waals surface area contributed by atoms with E-state index in [9.17, 15) is 9.90 Å². The fourth-order valence-electron chi connectivity index (χ4n) is 5.42. The Balaban J connectivity index is 2.16. The first-order valence-electron chi connectivity index (χ1n) is 8.78. The highest BCUT2D eigenvalue weighted by atomic mass is 127. The van der Waals surface area contributed by atoms with Crippen molar-refractivity contribution in [3.8, 4) is 0 Å². The molecule has 2 aliphatic rings. The van der Waals surface area contributed by atoms with Gasteiger partial charge in [0.2, 0.25) is 0 Å². The summed E-state index contributed by atoms with van der Waals surface area (Å²) in [7, 11) is 1.72. The minimum atomic E-state index is -0.939. The molecule has 2 aliphatic carbocycles. The molecule has 4 atom stereocenters. The van der Waals surface area contributed by atoms with Gasteiger partial charge >= 0.3 is 6.09 Å². The first-order chi connectivity index (χ1) is 11.5. The van der Waals surface area contributed by atoms with Crippen molar-refractivity contribution in [3.63, 3.8) is 0 Å². The lowest BCUT2D eigenvalue weighted by Gasteiger charge is -2.51. The molecule has 24 heavy (non-hydrogen) atoms. The van der Waals surface area contributed by atoms with Crippen molar-refractivity contribution >= 4 is 28.7 Å². The van der Waals surface area contributed by atoms with Crippen molar-refractivity contribution in [2.45, 2.75) is 62.5 Å². The van der Waals surface area contributed by atoms with Crippen LogP contribution in [0, 0.1) is 9.49 Å². The quantitative estimate of drug-likeness (QED) is 0.635. The number of carbonyl (C=O) groups is 1. The van der Waals surface area contributed by atoms with Crippen LogP contribution < -0.4 is 5.32 Å². The maximum atomic E-state index is 11.8. The molecule has 0 aromatic heterocycles. The van der Waals surface area contributed by atoms with Gasteiger partial charge in [0.15, 0.2) is 0 Å². The van der Waals surface area contributed by atoms with Crippen molar-refractivity contribution in [1.82, 2.24) is 5.32 Å². The van der Waals surface area contributed by atoms with Crippen LogP contribution in [0.15, 0.2) is 24.3 Å². The number of nitrogens with one attached hydrogen (secondary N) is 1. The Morgan fingerprint density at radius 1 is 1.46 bits per heavy atom. The van der Waals surface area contributed by atoms with Gasteiger partial charge in [0.1, 0.15) is 0 Å². The fourth-order valence-corrected chi connectivity index (χ4v) is 6.32. The normalized spacial score (nSPS) is 32.7. The molecule has 4 nitrogen and oxygen atoms in total. The standard InChI is InChI=1S/C19H26INO3/c1-3-6-16(24-2)19(21-17(22)23)12-13-9-10-18(19,11-13)14-7-4-5-8-15(14)20/h4-5,7-8,13,16,21H,3,6,9-12H2,1-2H3,(H,22,23)/t13?,16?,18-,19+/m0/s1. The third kappa shape index (κ3) is 2.64. The maximum absolute atomic E-state index is 11.8. The van der Waals surface area contributed by atoms with Gasteiger partial charge in [0, 0.05) is 16.1 Å². The molecule has 0 saturated heterocycles. The van der Waals surface area contributed by atoms with Crippen LogP contribution in [0.3, 0.4) is 0 Å². The number of hydrogen-bond acceptors (Lipinski definition) is 2. The molecule has 132 valence electrons. The van der Waals surface area contributed by atoms with Crippen LogP contribution in [0.2, 0.25) is 0 Å². The molecule has 2 fully saturated rings. The summed E-state index contributed by atoms with van der Waals surface area (Å²) in [6.45, 7) is 2.13. The van der Waals surface area contributed by atoms with Crippen LogP contribution in [-0.4, -0.2) is 30.0 Å². The molecule has 2 unspecified atom stereocenters. The third-order valence-corrected chi connectivity index (χ3v) is 7.13. The number of rotatable bonds is 6. The van der Waals surface area contributed by atoms with Crippen molar-refractivity contribution in [1.29, 1.82) is 0 Å². The van der Waals surface area contributed by atoms with Crippen molar-refractivity contribution in [2.75, 3.05) is 7.11 Å². The maximum Gasteiger partial charge on any atom is 0.405 e. The summed E-state index contributed by atoms with van der Waals surface area (Å²) in [5, 5.41) is 12.6. The van der Waals surface area contributed by atoms with Crippen LogP contribution in [0.25, 0.3) is 0 Å². The first-order valence-corrected chi connectivity index (χ1v) is 9.86. The van der Waals surface area contributed by atoms with Gasteiger partial charge in [-0.3, -0.25) is 0 Å². The van der Waals surface area contributed by atoms with Crippen LogP contribution >= 0.6 is 22.6 Å². The van der Waals surface area contributed by atoms with Gasteiger partial charge in [0.05, 0.1) is 11.6 Å². The molecule has 2 saturated carbocycles. The summed E-state index contributed by atoms with van der Waals surface area (Å²) in [5.41, 5.74) is 0.592. The molecule has 2 bridgehead atoms. The van der Waals surface area contributed by atoms with Crippen LogP contribution in [0.1, 0.15) is 51.0 Å². The second-order valence-corrected chi connectivity index (χ2v) is 8.45. The topological polar surface area (TPSA) is 58.6 Å². The number of halogens is 1. The highest BCUT2D eigenvalue weighted by Crippen LogP contribution is 2.63. The van der Waals surface area contributed by atoms with E-state index in [1.165, 1.54) is 15.6 Å². The fraction of sp³-hybridized carbons (Fsp3) is 0.632. The van der Waals surface area contributed by atoms with E-state index in [-0.39, 0.29) is 11.5 Å². The average Bonchev–Trinajstić information content (AvgIpc) is 3.09. The Labute approximate surface area is 157 Å². The predicted octanol–water partition coefficient (Wildman–Crippen LogP) is 4.55. The Kier molecular flexibility index (Phi) is 5.12. The minimum absolute atomic E-state index is 0.0973. The summed E-state index contributed by atoms with van der Waals surface area (Å²) < 4.78 is 7.11. The summed E-state index contributed by atoms with van der Waals surface area (Å²) in [6.07, 6.45) is 4.95. The smallest absolute Gasteiger partial charge is 0.405 e. The van der Waals surface area contributed by atoms with Gasteiger partial charge in [0.25, 0.3) is 0 Å². The van der Waals surface area contributed by atoms with Crippen molar-refractivity contribution < 1.29 is 14.6 Å². The monoisotopic (exact) mass is 443 g/mol. The van der Waals surface area contributed by atoms with Crippen molar-refractivity contribution in [3.05, 3.63) is 33.4 Å². The van der Waals surface area contributed by atoms with Crippen LogP contribution in [0.4, 0.5) is 4.79 Å². The van der Waals surface area contributed by atoms with Gasteiger partial charge in [-0.15, -0.1) is 0 Å². The highest BCUT2D eigenvalue weighted by molar-refractivity contribution is 14.1. The highest BCUT2D eigenvalue weighted by Gasteiger charge is 2.66. The van der Waals surface area contributed by atoms with E-state index >= 15 is 0 Å². The number of ether oxygens (including phenoxy) is 1. The van der Waals surface area contributed by atoms with E-state index in [2.05, 4.69) is 59.1 Å². The Morgan fingerprint density at radius 3 is 2.79 bits per heavy atom. The molecule has 2 N–H and O–H groups in total. The van der Waals surface area contributed by atoms with E-state index in [4.69, 9.17) is 4.74 Å². The largest absolute Gasteiger partial charge is 0.465 e. The Hall–Kier alpha value is -0.820. The Bertz CT molecular complexity index is 622. The third-order valence-electron chi connectivity index (χ3n) is 6.19. The molecule has 0 spiro atoms. The zero-order valence-electron chi connectivity index (χ0n) is 14.3. The molecule has 1 amide bonds. The molecular weight excluding hydrogens is 417 g/mol. The number of hydrogen-bond donors (Lipinski definition) is 2. The lowest BCUT2D eigenvalue weighted by atomic mass is 9.61. The number of methoxy groups -OCH3 is 1. The second kappa shape index (κ2) is 6.83. The lowest BCUT2D eigenvalue weighted by molar-refractivity contribution is -0.0265. The van der Waals surface area contributed by atoms with Crippen LogP contribution in [-0.2, 0) is 10.2 Å². The SMILES string of the molecule is CCCC(OC)[C@]1(NC(=O)O)CC2CC[C@@]1(c1ccccc1I)C2. The van der Waals surface area contributed by atoms with E-state index in [0.29, 0.717) is 5.92 Å². The summed E-state index contributed by atoms with van der Waals surface area (Å²) in [4.78, 5) is 11.8. The molecule has 1 aromatic carbocycles. The minimum Gasteiger partial charge on any atom is -0.465 e. The lowest BCUT2D eigenvalue weighted by Crippen LogP contribution is -2.66. The molecule has 0 radical (unpaired) electrons. The summed E-state index contributed by atoms with van der Waals surface area (Å²) >= 11 is 2.39. The van der Waals surface area contributed by atoms with E-state index in [1.54, 1.807) is 7.11 Å². The zero-order chi connectivity index (χ0) is 17.4. The van der Waals surface area contributed by atoms with Gasteiger partial charge in [-0.2, -0.15) is 0 Å². The molecule has 1 aromatic rings. The number of fused-ring (bicyclic) bond motifs is 2. The Morgan fingerprint density at radius 2 is 2.21 bits per heavy atom. The van der Waals surface area contributed by atoms with Crippen molar-refractivity contribution in [2.24, 2.45) is 5.92 Å². The zero-order valence-corrected chi connectivity index (χ0v) is 16.5. The molecule has 0 heterocycles. The van der Waals surface area contributed by atoms with Gasteiger partial charge in [-0.05, 0) is 72.2 Å².